The van der Waals surface area contributed by atoms with Crippen LogP contribution < -0.4 is 0 Å². The number of nitrogens with zero attached hydrogens (tertiary/aromatic N) is 1. The third-order valence-corrected chi connectivity index (χ3v) is 5.94. The van der Waals surface area contributed by atoms with E-state index in [-0.39, 0.29) is 18.1 Å². The Morgan fingerprint density at radius 3 is 2.39 bits per heavy atom. The van der Waals surface area contributed by atoms with Crippen LogP contribution in [-0.2, 0) is 20.6 Å². The van der Waals surface area contributed by atoms with Crippen molar-refractivity contribution >= 4 is 14.3 Å². The summed E-state index contributed by atoms with van der Waals surface area (Å²) in [5, 5.41) is 2.09. The van der Waals surface area contributed by atoms with Crippen LogP contribution in [0, 0.1) is 5.92 Å². The number of carbonyl (C=O) groups excluding carboxylic acids is 1. The van der Waals surface area contributed by atoms with Gasteiger partial charge >= 0.3 is 5.97 Å². The molecule has 1 aliphatic carbocycles. The van der Waals surface area contributed by atoms with Crippen molar-refractivity contribution in [2.45, 2.75) is 83.8 Å². The van der Waals surface area contributed by atoms with E-state index in [0.29, 0.717) is 12.5 Å². The molecule has 28 heavy (non-hydrogen) atoms. The van der Waals surface area contributed by atoms with Crippen molar-refractivity contribution in [2.24, 2.45) is 5.92 Å². The molecular formula is C23H37NO3Si. The summed E-state index contributed by atoms with van der Waals surface area (Å²) in [6.45, 7) is 12.7. The monoisotopic (exact) mass is 403 g/mol. The van der Waals surface area contributed by atoms with Crippen molar-refractivity contribution in [2.75, 3.05) is 0 Å². The predicted octanol–water partition coefficient (Wildman–Crippen LogP) is 5.71. The molecule has 0 spiro atoms. The number of benzene rings is 1. The lowest BCUT2D eigenvalue weighted by Gasteiger charge is -2.40. The molecule has 0 bridgehead atoms. The Kier molecular flexibility index (Phi) is 8.92. The zero-order valence-corrected chi connectivity index (χ0v) is 19.0. The number of hydrogen-bond acceptors (Lipinski definition) is 4. The zero-order chi connectivity index (χ0) is 20.6. The molecule has 1 fully saturated rings. The summed E-state index contributed by atoms with van der Waals surface area (Å²) >= 11 is 0. The second kappa shape index (κ2) is 10.9. The first-order valence-corrected chi connectivity index (χ1v) is 14.0. The van der Waals surface area contributed by atoms with E-state index in [4.69, 9.17) is 9.26 Å². The van der Waals surface area contributed by atoms with Crippen LogP contribution >= 0.6 is 0 Å². The van der Waals surface area contributed by atoms with E-state index in [1.54, 1.807) is 6.08 Å². The van der Waals surface area contributed by atoms with Crippen LogP contribution in [0.15, 0.2) is 43.0 Å². The van der Waals surface area contributed by atoms with Crippen LogP contribution in [0.4, 0.5) is 0 Å². The van der Waals surface area contributed by atoms with Crippen molar-refractivity contribution in [1.82, 2.24) is 5.06 Å². The summed E-state index contributed by atoms with van der Waals surface area (Å²) in [5.74, 6) is 0.367. The molecule has 0 N–H and O–H groups in total. The fourth-order valence-electron chi connectivity index (χ4n) is 3.99. The second-order valence-electron chi connectivity index (χ2n) is 8.88. The van der Waals surface area contributed by atoms with Crippen LogP contribution in [0.5, 0.6) is 0 Å². The SMILES string of the molecule is C=C[C@H](OC(C)=O)[C@H](CC1CCCCC1)N(Cc1ccccc1)O[Si](C)(C)C. The first-order valence-electron chi connectivity index (χ1n) is 10.6. The molecule has 0 radical (unpaired) electrons. The van der Waals surface area contributed by atoms with Gasteiger partial charge in [-0.2, -0.15) is 5.06 Å². The molecule has 0 aromatic heterocycles. The summed E-state index contributed by atoms with van der Waals surface area (Å²) in [6.07, 6.45) is 8.74. The van der Waals surface area contributed by atoms with Gasteiger partial charge in [-0.15, -0.1) is 0 Å². The summed E-state index contributed by atoms with van der Waals surface area (Å²) in [4.78, 5) is 11.8. The molecule has 0 unspecified atom stereocenters. The smallest absolute Gasteiger partial charge is 0.303 e. The molecular weight excluding hydrogens is 366 g/mol. The average molecular weight is 404 g/mol. The lowest BCUT2D eigenvalue weighted by atomic mass is 9.83. The molecule has 5 heteroatoms. The highest BCUT2D eigenvalue weighted by Gasteiger charge is 2.34. The van der Waals surface area contributed by atoms with Crippen molar-refractivity contribution < 1.29 is 14.1 Å². The lowest BCUT2D eigenvalue weighted by molar-refractivity contribution is -0.167. The van der Waals surface area contributed by atoms with Gasteiger partial charge in [-0.1, -0.05) is 69.0 Å². The number of ether oxygens (including phenoxy) is 1. The predicted molar refractivity (Wildman–Crippen MR) is 117 cm³/mol. The van der Waals surface area contributed by atoms with Gasteiger partial charge in [-0.05, 0) is 43.6 Å². The van der Waals surface area contributed by atoms with Gasteiger partial charge in [0.25, 0.3) is 0 Å². The minimum atomic E-state index is -1.85. The minimum Gasteiger partial charge on any atom is -0.457 e. The van der Waals surface area contributed by atoms with Crippen LogP contribution in [-0.4, -0.2) is 31.5 Å². The number of carbonyl (C=O) groups is 1. The first kappa shape index (κ1) is 22.9. The van der Waals surface area contributed by atoms with Gasteiger partial charge in [-0.3, -0.25) is 4.79 Å². The highest BCUT2D eigenvalue weighted by atomic mass is 28.4. The normalized spacial score (nSPS) is 17.9. The quantitative estimate of drug-likeness (QED) is 0.217. The van der Waals surface area contributed by atoms with Crippen LogP contribution in [0.25, 0.3) is 0 Å². The third-order valence-electron chi connectivity index (χ3n) is 5.16. The molecule has 0 aliphatic heterocycles. The van der Waals surface area contributed by atoms with Gasteiger partial charge in [0.1, 0.15) is 6.10 Å². The van der Waals surface area contributed by atoms with E-state index in [9.17, 15) is 4.79 Å². The topological polar surface area (TPSA) is 38.8 Å². The van der Waals surface area contributed by atoms with E-state index >= 15 is 0 Å². The molecule has 2 atom stereocenters. The van der Waals surface area contributed by atoms with E-state index in [2.05, 4.69) is 55.5 Å². The maximum atomic E-state index is 11.8. The molecule has 1 saturated carbocycles. The van der Waals surface area contributed by atoms with E-state index < -0.39 is 8.32 Å². The minimum absolute atomic E-state index is 0.0311. The molecule has 1 aliphatic rings. The lowest BCUT2D eigenvalue weighted by Crippen LogP contribution is -2.49. The maximum Gasteiger partial charge on any atom is 0.303 e. The van der Waals surface area contributed by atoms with Gasteiger partial charge in [0, 0.05) is 13.5 Å². The average Bonchev–Trinajstić information content (AvgIpc) is 2.64. The van der Waals surface area contributed by atoms with Crippen molar-refractivity contribution in [1.29, 1.82) is 0 Å². The van der Waals surface area contributed by atoms with Crippen LogP contribution in [0.1, 0.15) is 51.0 Å². The standard InChI is InChI=1S/C23H37NO3Si/c1-6-23(26-19(2)25)22(17-20-13-9-7-10-14-20)24(27-28(3,4)5)18-21-15-11-8-12-16-21/h6,8,11-12,15-16,20,22-23H,1,7,9-10,13-14,17-18H2,2-5H3/t22-,23-/m0/s1. The van der Waals surface area contributed by atoms with Crippen molar-refractivity contribution in [3.8, 4) is 0 Å². The second-order valence-corrected chi connectivity index (χ2v) is 13.3. The maximum absolute atomic E-state index is 11.8. The number of rotatable bonds is 10. The summed E-state index contributed by atoms with van der Waals surface area (Å²) in [7, 11) is -1.85. The summed E-state index contributed by atoms with van der Waals surface area (Å²) < 4.78 is 12.2. The highest BCUT2D eigenvalue weighted by Crippen LogP contribution is 2.32. The molecule has 0 amide bonds. The fourth-order valence-corrected chi connectivity index (χ4v) is 4.89. The Morgan fingerprint density at radius 2 is 1.86 bits per heavy atom. The molecule has 1 aromatic rings. The number of hydrogen-bond donors (Lipinski definition) is 0. The van der Waals surface area contributed by atoms with Crippen LogP contribution in [0.2, 0.25) is 19.6 Å². The van der Waals surface area contributed by atoms with Crippen molar-refractivity contribution in [3.05, 3.63) is 48.6 Å². The van der Waals surface area contributed by atoms with Gasteiger partial charge in [-0.25, -0.2) is 0 Å². The Balaban J connectivity index is 2.30. The Hall–Kier alpha value is -1.43. The van der Waals surface area contributed by atoms with Gasteiger partial charge in [0.05, 0.1) is 6.04 Å². The largest absolute Gasteiger partial charge is 0.457 e. The summed E-state index contributed by atoms with van der Waals surface area (Å²) in [6, 6.07) is 10.3. The van der Waals surface area contributed by atoms with Gasteiger partial charge in [0.15, 0.2) is 0 Å². The Morgan fingerprint density at radius 1 is 1.21 bits per heavy atom. The summed E-state index contributed by atoms with van der Waals surface area (Å²) in [5.41, 5.74) is 1.19. The van der Waals surface area contributed by atoms with E-state index in [1.165, 1.54) is 44.6 Å². The van der Waals surface area contributed by atoms with Crippen LogP contribution in [0.3, 0.4) is 0 Å². The van der Waals surface area contributed by atoms with E-state index in [1.807, 2.05) is 6.07 Å². The van der Waals surface area contributed by atoms with Gasteiger partial charge in [0.2, 0.25) is 8.32 Å². The molecule has 0 saturated heterocycles. The Labute approximate surface area is 172 Å². The highest BCUT2D eigenvalue weighted by molar-refractivity contribution is 6.69. The Bertz CT molecular complexity index is 608. The molecule has 2 rings (SSSR count). The number of hydroxylamine groups is 2. The third kappa shape index (κ3) is 7.90. The first-order chi connectivity index (χ1) is 13.3. The van der Waals surface area contributed by atoms with E-state index in [0.717, 1.165) is 6.42 Å². The zero-order valence-electron chi connectivity index (χ0n) is 18.0. The fraction of sp³-hybridized carbons (Fsp3) is 0.609. The van der Waals surface area contributed by atoms with Gasteiger partial charge < -0.3 is 9.26 Å². The number of esters is 1. The van der Waals surface area contributed by atoms with Crippen molar-refractivity contribution in [3.63, 3.8) is 0 Å². The molecule has 1 aromatic carbocycles. The molecule has 4 nitrogen and oxygen atoms in total. The molecule has 0 heterocycles. The molecule has 156 valence electrons.